The Bertz CT molecular complexity index is 438. The molecule has 17 heavy (non-hydrogen) atoms. The van der Waals surface area contributed by atoms with E-state index in [4.69, 9.17) is 26.8 Å². The van der Waals surface area contributed by atoms with Crippen LogP contribution in [-0.4, -0.2) is 19.3 Å². The van der Waals surface area contributed by atoms with Gasteiger partial charge in [-0.1, -0.05) is 11.6 Å². The molecule has 0 aromatic heterocycles. The molecule has 0 saturated heterocycles. The first kappa shape index (κ1) is 12.5. The van der Waals surface area contributed by atoms with Crippen LogP contribution in [0.5, 0.6) is 11.5 Å². The van der Waals surface area contributed by atoms with Crippen molar-refractivity contribution in [1.82, 2.24) is 0 Å². The van der Waals surface area contributed by atoms with E-state index in [0.29, 0.717) is 6.61 Å². The topological polar surface area (TPSA) is 44.5 Å². The summed E-state index contributed by atoms with van der Waals surface area (Å²) in [6, 6.07) is 1.93. The zero-order chi connectivity index (χ0) is 12.6. The number of benzene rings is 1. The maximum atomic E-state index is 6.40. The first-order valence-corrected chi connectivity index (χ1v) is 6.10. The number of rotatable bonds is 3. The van der Waals surface area contributed by atoms with E-state index >= 15 is 0 Å². The van der Waals surface area contributed by atoms with E-state index in [2.05, 4.69) is 0 Å². The van der Waals surface area contributed by atoms with Gasteiger partial charge in [0.15, 0.2) is 11.5 Å². The summed E-state index contributed by atoms with van der Waals surface area (Å²) in [5, 5.41) is 0.775. The maximum absolute atomic E-state index is 6.40. The predicted molar refractivity (Wildman–Crippen MR) is 69.2 cm³/mol. The molecular weight excluding hydrogens is 238 g/mol. The number of ether oxygens (including phenoxy) is 2. The Balaban J connectivity index is 2.47. The van der Waals surface area contributed by atoms with Gasteiger partial charge in [-0.3, -0.25) is 0 Å². The SMILES string of the molecule is COc1cc(CC(C)(C)N)c(Cl)c2c1OCC2. The molecule has 1 aliphatic rings. The van der Waals surface area contributed by atoms with E-state index in [1.165, 1.54) is 0 Å². The smallest absolute Gasteiger partial charge is 0.165 e. The normalized spacial score (nSPS) is 14.4. The van der Waals surface area contributed by atoms with Gasteiger partial charge < -0.3 is 15.2 Å². The number of nitrogens with two attached hydrogens (primary N) is 1. The van der Waals surface area contributed by atoms with Crippen LogP contribution < -0.4 is 15.2 Å². The van der Waals surface area contributed by atoms with Crippen LogP contribution in [0.2, 0.25) is 5.02 Å². The minimum atomic E-state index is -0.289. The quantitative estimate of drug-likeness (QED) is 0.903. The molecule has 0 aliphatic carbocycles. The lowest BCUT2D eigenvalue weighted by molar-refractivity contribution is 0.326. The van der Waals surface area contributed by atoms with E-state index < -0.39 is 0 Å². The fourth-order valence-corrected chi connectivity index (χ4v) is 2.44. The molecule has 1 aliphatic heterocycles. The summed E-state index contributed by atoms with van der Waals surface area (Å²) in [5.74, 6) is 1.54. The molecule has 0 amide bonds. The first-order valence-electron chi connectivity index (χ1n) is 5.72. The first-order chi connectivity index (χ1) is 7.92. The number of hydrogen-bond donors (Lipinski definition) is 1. The molecule has 0 atom stereocenters. The average Bonchev–Trinajstić information content (AvgIpc) is 2.69. The van der Waals surface area contributed by atoms with Crippen LogP contribution in [0.15, 0.2) is 6.07 Å². The summed E-state index contributed by atoms with van der Waals surface area (Å²) < 4.78 is 10.9. The van der Waals surface area contributed by atoms with E-state index in [9.17, 15) is 0 Å². The van der Waals surface area contributed by atoms with Gasteiger partial charge in [-0.2, -0.15) is 0 Å². The van der Waals surface area contributed by atoms with Gasteiger partial charge in [0.2, 0.25) is 0 Å². The molecule has 1 aromatic carbocycles. The molecule has 0 bridgehead atoms. The van der Waals surface area contributed by atoms with Crippen molar-refractivity contribution in [1.29, 1.82) is 0 Å². The van der Waals surface area contributed by atoms with Gasteiger partial charge in [0, 0.05) is 17.5 Å². The van der Waals surface area contributed by atoms with Crippen LogP contribution in [0, 0.1) is 0 Å². The Hall–Kier alpha value is -0.930. The van der Waals surface area contributed by atoms with E-state index in [1.807, 2.05) is 19.9 Å². The Morgan fingerprint density at radius 1 is 1.53 bits per heavy atom. The third-order valence-corrected chi connectivity index (χ3v) is 3.29. The third-order valence-electron chi connectivity index (χ3n) is 2.81. The fourth-order valence-electron chi connectivity index (χ4n) is 2.14. The second kappa shape index (κ2) is 4.39. The highest BCUT2D eigenvalue weighted by molar-refractivity contribution is 6.32. The monoisotopic (exact) mass is 255 g/mol. The Kier molecular flexibility index (Phi) is 3.23. The summed E-state index contributed by atoms with van der Waals surface area (Å²) in [6.07, 6.45) is 1.55. The minimum Gasteiger partial charge on any atom is -0.493 e. The zero-order valence-corrected chi connectivity index (χ0v) is 11.2. The largest absolute Gasteiger partial charge is 0.493 e. The molecule has 1 heterocycles. The summed E-state index contributed by atoms with van der Waals surface area (Å²) in [7, 11) is 1.64. The predicted octanol–water partition coefficient (Wildman–Crippen LogP) is 2.56. The van der Waals surface area contributed by atoms with Crippen molar-refractivity contribution in [3.63, 3.8) is 0 Å². The number of halogens is 1. The molecule has 0 unspecified atom stereocenters. The van der Waals surface area contributed by atoms with Crippen molar-refractivity contribution >= 4 is 11.6 Å². The van der Waals surface area contributed by atoms with Crippen LogP contribution in [0.4, 0.5) is 0 Å². The Labute approximate surface area is 107 Å². The van der Waals surface area contributed by atoms with Crippen molar-refractivity contribution < 1.29 is 9.47 Å². The molecule has 0 fully saturated rings. The summed E-state index contributed by atoms with van der Waals surface area (Å²) in [5.41, 5.74) is 7.83. The summed E-state index contributed by atoms with van der Waals surface area (Å²) >= 11 is 6.40. The molecular formula is C13H18ClNO2. The number of fused-ring (bicyclic) bond motifs is 1. The van der Waals surface area contributed by atoms with Crippen molar-refractivity contribution in [3.8, 4) is 11.5 Å². The van der Waals surface area contributed by atoms with Crippen molar-refractivity contribution in [2.24, 2.45) is 5.73 Å². The minimum absolute atomic E-state index is 0.289. The van der Waals surface area contributed by atoms with Crippen molar-refractivity contribution in [3.05, 3.63) is 22.2 Å². The second-order valence-corrected chi connectivity index (χ2v) is 5.50. The van der Waals surface area contributed by atoms with Crippen molar-refractivity contribution in [2.75, 3.05) is 13.7 Å². The fraction of sp³-hybridized carbons (Fsp3) is 0.538. The molecule has 2 rings (SSSR count). The second-order valence-electron chi connectivity index (χ2n) is 5.12. The van der Waals surface area contributed by atoms with Gasteiger partial charge in [0.05, 0.1) is 18.7 Å². The van der Waals surface area contributed by atoms with E-state index in [-0.39, 0.29) is 5.54 Å². The highest BCUT2D eigenvalue weighted by Crippen LogP contribution is 2.42. The number of hydrogen-bond acceptors (Lipinski definition) is 3. The summed E-state index contributed by atoms with van der Waals surface area (Å²) in [4.78, 5) is 0. The third kappa shape index (κ3) is 2.50. The average molecular weight is 256 g/mol. The Morgan fingerprint density at radius 2 is 2.24 bits per heavy atom. The maximum Gasteiger partial charge on any atom is 0.165 e. The van der Waals surface area contributed by atoms with Crippen LogP contribution in [0.3, 0.4) is 0 Å². The highest BCUT2D eigenvalue weighted by atomic mass is 35.5. The Morgan fingerprint density at radius 3 is 2.82 bits per heavy atom. The molecule has 94 valence electrons. The van der Waals surface area contributed by atoms with E-state index in [0.717, 1.165) is 40.5 Å². The lowest BCUT2D eigenvalue weighted by Gasteiger charge is -2.21. The molecule has 3 nitrogen and oxygen atoms in total. The lowest BCUT2D eigenvalue weighted by atomic mass is 9.94. The molecule has 2 N–H and O–H groups in total. The van der Waals surface area contributed by atoms with Gasteiger partial charge >= 0.3 is 0 Å². The van der Waals surface area contributed by atoms with Gasteiger partial charge in [0.25, 0.3) is 0 Å². The highest BCUT2D eigenvalue weighted by Gasteiger charge is 2.25. The van der Waals surface area contributed by atoms with Crippen molar-refractivity contribution in [2.45, 2.75) is 32.2 Å². The molecule has 0 radical (unpaired) electrons. The molecule has 1 aromatic rings. The number of methoxy groups -OCH3 is 1. The summed E-state index contributed by atoms with van der Waals surface area (Å²) in [6.45, 7) is 4.64. The van der Waals surface area contributed by atoms with Gasteiger partial charge in [-0.15, -0.1) is 0 Å². The van der Waals surface area contributed by atoms with Crippen LogP contribution >= 0.6 is 11.6 Å². The van der Waals surface area contributed by atoms with Crippen LogP contribution in [0.1, 0.15) is 25.0 Å². The van der Waals surface area contributed by atoms with Gasteiger partial charge in [-0.25, -0.2) is 0 Å². The molecule has 0 saturated carbocycles. The standard InChI is InChI=1S/C13H18ClNO2/c1-13(2,15)7-8-6-10(16-3)12-9(11(8)14)4-5-17-12/h6H,4-5,7,15H2,1-3H3. The zero-order valence-electron chi connectivity index (χ0n) is 10.5. The molecule has 4 heteroatoms. The molecule has 0 spiro atoms. The van der Waals surface area contributed by atoms with Gasteiger partial charge in [0.1, 0.15) is 0 Å². The van der Waals surface area contributed by atoms with E-state index in [1.54, 1.807) is 7.11 Å². The van der Waals surface area contributed by atoms with Gasteiger partial charge in [-0.05, 0) is 31.9 Å². The van der Waals surface area contributed by atoms with Crippen LogP contribution in [0.25, 0.3) is 0 Å². The lowest BCUT2D eigenvalue weighted by Crippen LogP contribution is -2.34. The van der Waals surface area contributed by atoms with Crippen LogP contribution in [-0.2, 0) is 12.8 Å².